The van der Waals surface area contributed by atoms with Crippen LogP contribution in [0.2, 0.25) is 0 Å². The zero-order chi connectivity index (χ0) is 10.7. The highest BCUT2D eigenvalue weighted by atomic mass is 16.1. The largest absolute Gasteiger partial charge is 0.347 e. The van der Waals surface area contributed by atoms with E-state index in [0.717, 1.165) is 12.8 Å². The molecule has 1 heterocycles. The smallest absolute Gasteiger partial charge is 0.253 e. The number of nitrogens with one attached hydrogen (secondary N) is 1. The molecule has 0 bridgehead atoms. The Morgan fingerprint density at radius 3 is 2.80 bits per heavy atom. The Morgan fingerprint density at radius 2 is 2.20 bits per heavy atom. The second-order valence-corrected chi connectivity index (χ2v) is 4.46. The number of hydrogen-bond acceptors (Lipinski definition) is 2. The molecule has 0 spiro atoms. The van der Waals surface area contributed by atoms with E-state index in [0.29, 0.717) is 5.56 Å². The van der Waals surface area contributed by atoms with Crippen molar-refractivity contribution in [1.82, 2.24) is 10.3 Å². The van der Waals surface area contributed by atoms with Crippen LogP contribution < -0.4 is 5.32 Å². The van der Waals surface area contributed by atoms with Gasteiger partial charge in [-0.15, -0.1) is 0 Å². The summed E-state index contributed by atoms with van der Waals surface area (Å²) in [5, 5.41) is 3.09. The van der Waals surface area contributed by atoms with E-state index in [1.54, 1.807) is 24.5 Å². The molecule has 1 aromatic rings. The Hall–Kier alpha value is -1.38. The Bertz CT molecular complexity index is 342. The number of carbonyl (C=O) groups is 1. The Morgan fingerprint density at radius 1 is 1.47 bits per heavy atom. The van der Waals surface area contributed by atoms with Crippen molar-refractivity contribution in [2.45, 2.75) is 38.1 Å². The first kappa shape index (κ1) is 10.1. The average Bonchev–Trinajstić information content (AvgIpc) is 2.66. The van der Waals surface area contributed by atoms with Gasteiger partial charge in [0.1, 0.15) is 0 Å². The summed E-state index contributed by atoms with van der Waals surface area (Å²) in [5.74, 6) is -0.00694. The van der Waals surface area contributed by atoms with Crippen LogP contribution in [0.25, 0.3) is 0 Å². The molecule has 0 unspecified atom stereocenters. The van der Waals surface area contributed by atoms with Crippen molar-refractivity contribution in [3.05, 3.63) is 30.1 Å². The maximum atomic E-state index is 11.9. The summed E-state index contributed by atoms with van der Waals surface area (Å²) in [6, 6.07) is 3.58. The van der Waals surface area contributed by atoms with Crippen LogP contribution in [0.4, 0.5) is 0 Å². The third-order valence-corrected chi connectivity index (χ3v) is 3.05. The van der Waals surface area contributed by atoms with E-state index in [2.05, 4.69) is 17.2 Å². The molecular formula is C12H16N2O. The van der Waals surface area contributed by atoms with Crippen molar-refractivity contribution in [3.8, 4) is 0 Å². The number of aromatic nitrogens is 1. The highest BCUT2D eigenvalue weighted by molar-refractivity contribution is 5.94. The van der Waals surface area contributed by atoms with Crippen molar-refractivity contribution < 1.29 is 4.79 Å². The number of amides is 1. The molecule has 3 heteroatoms. The maximum Gasteiger partial charge on any atom is 0.253 e. The van der Waals surface area contributed by atoms with Gasteiger partial charge in [-0.1, -0.05) is 12.8 Å². The zero-order valence-corrected chi connectivity index (χ0v) is 8.99. The molecule has 15 heavy (non-hydrogen) atoms. The van der Waals surface area contributed by atoms with Crippen LogP contribution in [0, 0.1) is 0 Å². The van der Waals surface area contributed by atoms with Crippen molar-refractivity contribution >= 4 is 5.91 Å². The van der Waals surface area contributed by atoms with Crippen molar-refractivity contribution in [2.75, 3.05) is 0 Å². The quantitative estimate of drug-likeness (QED) is 0.802. The van der Waals surface area contributed by atoms with Gasteiger partial charge in [0.2, 0.25) is 0 Å². The van der Waals surface area contributed by atoms with Gasteiger partial charge >= 0.3 is 0 Å². The van der Waals surface area contributed by atoms with Gasteiger partial charge in [-0.25, -0.2) is 0 Å². The van der Waals surface area contributed by atoms with Crippen LogP contribution in [0.3, 0.4) is 0 Å². The van der Waals surface area contributed by atoms with Crippen LogP contribution in [-0.4, -0.2) is 16.4 Å². The molecule has 0 aliphatic heterocycles. The summed E-state index contributed by atoms with van der Waals surface area (Å²) < 4.78 is 0. The van der Waals surface area contributed by atoms with Gasteiger partial charge in [-0.3, -0.25) is 9.78 Å². The van der Waals surface area contributed by atoms with Crippen molar-refractivity contribution in [1.29, 1.82) is 0 Å². The lowest BCUT2D eigenvalue weighted by molar-refractivity contribution is 0.0907. The third kappa shape index (κ3) is 2.35. The summed E-state index contributed by atoms with van der Waals surface area (Å²) in [4.78, 5) is 15.8. The van der Waals surface area contributed by atoms with Gasteiger partial charge in [0.25, 0.3) is 5.91 Å². The minimum absolute atomic E-state index is 0.00694. The fraction of sp³-hybridized carbons (Fsp3) is 0.500. The van der Waals surface area contributed by atoms with Crippen LogP contribution in [-0.2, 0) is 0 Å². The van der Waals surface area contributed by atoms with Crippen LogP contribution >= 0.6 is 0 Å². The lowest BCUT2D eigenvalue weighted by atomic mass is 10.0. The topological polar surface area (TPSA) is 42.0 Å². The summed E-state index contributed by atoms with van der Waals surface area (Å²) in [6.07, 6.45) is 7.87. The Balaban J connectivity index is 2.04. The molecule has 80 valence electrons. The zero-order valence-electron chi connectivity index (χ0n) is 8.99. The normalized spacial score (nSPS) is 18.7. The van der Waals surface area contributed by atoms with Crippen LogP contribution in [0.15, 0.2) is 24.5 Å². The van der Waals surface area contributed by atoms with Gasteiger partial charge < -0.3 is 5.32 Å². The van der Waals surface area contributed by atoms with E-state index in [1.807, 2.05) is 0 Å². The predicted molar refractivity (Wildman–Crippen MR) is 58.6 cm³/mol. The molecule has 1 amide bonds. The van der Waals surface area contributed by atoms with E-state index in [9.17, 15) is 4.79 Å². The molecule has 0 saturated heterocycles. The lowest BCUT2D eigenvalue weighted by Gasteiger charge is -2.25. The molecule has 1 aliphatic rings. The number of pyridine rings is 1. The van der Waals surface area contributed by atoms with Crippen LogP contribution in [0.5, 0.6) is 0 Å². The Labute approximate surface area is 89.9 Å². The minimum atomic E-state index is -0.00702. The number of nitrogens with zero attached hydrogens (tertiary/aromatic N) is 1. The number of carbonyl (C=O) groups excluding carboxylic acids is 1. The highest BCUT2D eigenvalue weighted by Gasteiger charge is 2.30. The monoisotopic (exact) mass is 204 g/mol. The van der Waals surface area contributed by atoms with E-state index in [-0.39, 0.29) is 11.4 Å². The summed E-state index contributed by atoms with van der Waals surface area (Å²) in [6.45, 7) is 2.12. The molecule has 1 saturated carbocycles. The second kappa shape index (κ2) is 4.01. The molecule has 3 nitrogen and oxygen atoms in total. The fourth-order valence-corrected chi connectivity index (χ4v) is 2.12. The molecule has 0 atom stereocenters. The molecule has 1 aliphatic carbocycles. The summed E-state index contributed by atoms with van der Waals surface area (Å²) in [7, 11) is 0. The molecule has 2 rings (SSSR count). The van der Waals surface area contributed by atoms with Gasteiger partial charge in [-0.2, -0.15) is 0 Å². The highest BCUT2D eigenvalue weighted by Crippen LogP contribution is 2.29. The SMILES string of the molecule is CC1(NC(=O)c2cccnc2)CCCC1. The molecule has 1 aromatic heterocycles. The maximum absolute atomic E-state index is 11.9. The third-order valence-electron chi connectivity index (χ3n) is 3.05. The molecule has 1 fully saturated rings. The van der Waals surface area contributed by atoms with E-state index in [1.165, 1.54) is 12.8 Å². The van der Waals surface area contributed by atoms with E-state index < -0.39 is 0 Å². The lowest BCUT2D eigenvalue weighted by Crippen LogP contribution is -2.43. The first-order valence-electron chi connectivity index (χ1n) is 5.42. The van der Waals surface area contributed by atoms with Crippen molar-refractivity contribution in [2.24, 2.45) is 0 Å². The van der Waals surface area contributed by atoms with E-state index >= 15 is 0 Å². The minimum Gasteiger partial charge on any atom is -0.347 e. The van der Waals surface area contributed by atoms with Crippen molar-refractivity contribution in [3.63, 3.8) is 0 Å². The molecule has 1 N–H and O–H groups in total. The van der Waals surface area contributed by atoms with Gasteiger partial charge in [0.15, 0.2) is 0 Å². The fourth-order valence-electron chi connectivity index (χ4n) is 2.12. The first-order valence-corrected chi connectivity index (χ1v) is 5.42. The number of rotatable bonds is 2. The van der Waals surface area contributed by atoms with Gasteiger partial charge in [0.05, 0.1) is 5.56 Å². The van der Waals surface area contributed by atoms with Crippen LogP contribution in [0.1, 0.15) is 43.0 Å². The molecule has 0 radical (unpaired) electrons. The molecule has 0 aromatic carbocycles. The van der Waals surface area contributed by atoms with Gasteiger partial charge in [0, 0.05) is 17.9 Å². The predicted octanol–water partition coefficient (Wildman–Crippen LogP) is 2.14. The number of hydrogen-bond donors (Lipinski definition) is 1. The summed E-state index contributed by atoms with van der Waals surface area (Å²) in [5.41, 5.74) is 0.637. The van der Waals surface area contributed by atoms with Gasteiger partial charge in [-0.05, 0) is 31.9 Å². The Kier molecular flexibility index (Phi) is 2.71. The standard InChI is InChI=1S/C12H16N2O/c1-12(6-2-3-7-12)14-11(15)10-5-4-8-13-9-10/h4-5,8-9H,2-3,6-7H2,1H3,(H,14,15). The second-order valence-electron chi connectivity index (χ2n) is 4.46. The average molecular weight is 204 g/mol. The first-order chi connectivity index (χ1) is 7.20. The molecular weight excluding hydrogens is 188 g/mol. The van der Waals surface area contributed by atoms with E-state index in [4.69, 9.17) is 0 Å². The summed E-state index contributed by atoms with van der Waals surface area (Å²) >= 11 is 0.